The van der Waals surface area contributed by atoms with Gasteiger partial charge >= 0.3 is 51.4 Å². The molecule has 0 atom stereocenters. The zero-order valence-corrected chi connectivity index (χ0v) is 45.5. The first-order valence-corrected chi connectivity index (χ1v) is 21.1. The van der Waals surface area contributed by atoms with Crippen LogP contribution < -0.4 is 95.0 Å². The van der Waals surface area contributed by atoms with E-state index in [2.05, 4.69) is 0 Å². The fourth-order valence-corrected chi connectivity index (χ4v) is 6.28. The number of carbonyl (C=O) groups is 1. The van der Waals surface area contributed by atoms with Crippen molar-refractivity contribution in [3.63, 3.8) is 0 Å². The van der Waals surface area contributed by atoms with Gasteiger partial charge in [-0.15, -0.1) is 12.4 Å². The number of hydrogen-bond donors (Lipinski definition) is 3. The second-order valence-electron chi connectivity index (χ2n) is 13.9. The van der Waals surface area contributed by atoms with Crippen molar-refractivity contribution in [3.05, 3.63) is 162 Å². The molecule has 0 fully saturated rings. The molecule has 7 rings (SSSR count). The number of allylic oxidation sites excluding steroid dienone is 1. The molecule has 0 bridgehead atoms. The molecule has 15 nitrogen and oxygen atoms in total. The Balaban J connectivity index is 0.000000569. The molecular weight excluding hydrogens is 955 g/mol. The first-order chi connectivity index (χ1) is 33.0. The van der Waals surface area contributed by atoms with Gasteiger partial charge in [0.15, 0.2) is 57.6 Å². The molecule has 0 saturated carbocycles. The number of ketones is 1. The van der Waals surface area contributed by atoms with Crippen molar-refractivity contribution in [1.29, 1.82) is 5.41 Å². The first-order valence-electron chi connectivity index (χ1n) is 21.1. The second-order valence-corrected chi connectivity index (χ2v) is 13.9. The van der Waals surface area contributed by atoms with Crippen LogP contribution in [0, 0.1) is 5.41 Å². The number of aliphatic hydroxyl groups excluding tert-OH is 1. The number of nitrogens with one attached hydrogen (secondary N) is 1. The average Bonchev–Trinajstić information content (AvgIpc) is 3.40. The fourth-order valence-electron chi connectivity index (χ4n) is 6.28. The number of halogens is 1. The van der Waals surface area contributed by atoms with E-state index in [1.807, 2.05) is 109 Å². The van der Waals surface area contributed by atoms with Gasteiger partial charge in [0.05, 0.1) is 68.3 Å². The van der Waals surface area contributed by atoms with Gasteiger partial charge in [0.1, 0.15) is 5.84 Å². The summed E-state index contributed by atoms with van der Waals surface area (Å²) in [5.41, 5.74) is 11.6. The van der Waals surface area contributed by atoms with E-state index in [9.17, 15) is 4.79 Å². The predicted octanol–water partition coefficient (Wildman–Crippen LogP) is 7.35. The number of benzene rings is 6. The normalized spacial score (nSPS) is 9.66. The topological polar surface area (TPSA) is 217 Å². The third kappa shape index (κ3) is 18.3. The molecular formula is C54H60ClKN4O11. The number of aromatic nitrogens is 2. The Hall–Kier alpha value is -6.47. The van der Waals surface area contributed by atoms with Crippen LogP contribution in [0.15, 0.2) is 146 Å². The van der Waals surface area contributed by atoms with Crippen LogP contribution in [0.5, 0.6) is 46.0 Å². The van der Waals surface area contributed by atoms with Gasteiger partial charge in [-0.05, 0) is 91.4 Å². The van der Waals surface area contributed by atoms with E-state index >= 15 is 0 Å². The van der Waals surface area contributed by atoms with Crippen LogP contribution in [0.3, 0.4) is 0 Å². The van der Waals surface area contributed by atoms with Crippen LogP contribution in [0.4, 0.5) is 0 Å². The Morgan fingerprint density at radius 2 is 0.901 bits per heavy atom. The van der Waals surface area contributed by atoms with Crippen LogP contribution in [-0.2, 0) is 0 Å². The SMILES string of the molecule is CCO.COc1ccc(-c2cc(-c3ccc(OC)c(OC)c3)nc(-c3ccccc3)n2)cc1OC.COc1ccc(/C=C/C(=O)c2ccc(OC)c(OC)c2)cc1OC.Cl.N=C(N)c1ccccc1.[K+].[OH-]. The number of nitrogen functional groups attached to an aromatic ring is 1. The zero-order chi connectivity index (χ0) is 49.4. The van der Waals surface area contributed by atoms with Gasteiger partial charge in [0.2, 0.25) is 0 Å². The number of hydrogen-bond acceptors (Lipinski definition) is 14. The number of methoxy groups -OCH3 is 8. The molecule has 0 spiro atoms. The van der Waals surface area contributed by atoms with Gasteiger partial charge in [-0.1, -0.05) is 72.8 Å². The number of aliphatic hydroxyl groups is 1. The molecule has 0 radical (unpaired) electrons. The van der Waals surface area contributed by atoms with Gasteiger partial charge < -0.3 is 54.2 Å². The van der Waals surface area contributed by atoms with Gasteiger partial charge in [-0.2, -0.15) is 0 Å². The number of amidine groups is 1. The number of ether oxygens (including phenoxy) is 8. The molecule has 370 valence electrons. The molecule has 0 aliphatic carbocycles. The first kappa shape index (κ1) is 62.5. The largest absolute Gasteiger partial charge is 1.00 e. The minimum absolute atomic E-state index is 0. The predicted molar refractivity (Wildman–Crippen MR) is 276 cm³/mol. The Labute approximate surface area is 464 Å². The minimum atomic E-state index is -0.134. The maximum atomic E-state index is 12.3. The van der Waals surface area contributed by atoms with Crippen LogP contribution in [0.2, 0.25) is 0 Å². The van der Waals surface area contributed by atoms with E-state index in [1.54, 1.807) is 93.1 Å². The Morgan fingerprint density at radius 1 is 0.521 bits per heavy atom. The Kier molecular flexibility index (Phi) is 29.2. The molecule has 0 unspecified atom stereocenters. The molecule has 6 aromatic carbocycles. The van der Waals surface area contributed by atoms with Crippen LogP contribution in [0.25, 0.3) is 40.0 Å². The number of rotatable bonds is 15. The summed E-state index contributed by atoms with van der Waals surface area (Å²) in [5, 5.41) is 14.6. The maximum absolute atomic E-state index is 12.3. The molecule has 1 heterocycles. The van der Waals surface area contributed by atoms with Gasteiger partial charge in [-0.25, -0.2) is 9.97 Å². The third-order valence-electron chi connectivity index (χ3n) is 9.70. The molecule has 0 amide bonds. The van der Waals surface area contributed by atoms with Crippen molar-refractivity contribution in [2.45, 2.75) is 6.92 Å². The number of nitrogens with two attached hydrogens (primary N) is 1. The van der Waals surface area contributed by atoms with Gasteiger partial charge in [0, 0.05) is 34.4 Å². The van der Waals surface area contributed by atoms with E-state index in [0.717, 1.165) is 39.2 Å². The van der Waals surface area contributed by atoms with E-state index in [0.29, 0.717) is 57.4 Å². The molecule has 7 aromatic rings. The molecule has 0 aliphatic heterocycles. The van der Waals surface area contributed by atoms with Crippen molar-refractivity contribution in [2.24, 2.45) is 5.73 Å². The van der Waals surface area contributed by atoms with E-state index < -0.39 is 0 Å². The molecule has 1 aromatic heterocycles. The number of carbonyl (C=O) groups excluding carboxylic acids is 1. The van der Waals surface area contributed by atoms with Crippen molar-refractivity contribution >= 4 is 30.1 Å². The molecule has 5 N–H and O–H groups in total. The van der Waals surface area contributed by atoms with E-state index in [1.165, 1.54) is 13.2 Å². The van der Waals surface area contributed by atoms with Crippen molar-refractivity contribution in [3.8, 4) is 79.9 Å². The summed E-state index contributed by atoms with van der Waals surface area (Å²) in [6, 6.07) is 43.0. The van der Waals surface area contributed by atoms with E-state index in [4.69, 9.17) is 64.1 Å². The molecule has 17 heteroatoms. The standard InChI is InChI=1S/C26H24N2O4.C19H20O5.C7H8N2.C2H6O.ClH.K.H2O/c1-29-22-12-10-18(14-24(22)31-3)20-16-21(19-11-13-23(30-2)25(15-19)32-4)28-26(27-20)17-8-6-5-7-9-17;1-21-16-9-6-13(11-18(16)23-3)5-8-15(20)14-7-10-17(22-2)19(12-14)24-4;8-7(9)6-4-2-1-3-5-6;1-2-3;;;/h5-16H,1-4H3;5-12H,1-4H3;1-5H,(H3,8,9);3H,2H2,1H3;1H;;1H2/q;;;;;+1;/p-1/b;8-5+;;;;;. The van der Waals surface area contributed by atoms with Crippen LogP contribution in [-0.4, -0.2) is 95.7 Å². The molecule has 71 heavy (non-hydrogen) atoms. The monoisotopic (exact) mass is 1010 g/mol. The summed E-state index contributed by atoms with van der Waals surface area (Å²) >= 11 is 0. The summed E-state index contributed by atoms with van der Waals surface area (Å²) < 4.78 is 42.5. The van der Waals surface area contributed by atoms with Crippen LogP contribution in [0.1, 0.15) is 28.4 Å². The third-order valence-corrected chi connectivity index (χ3v) is 9.70. The summed E-state index contributed by atoms with van der Waals surface area (Å²) in [4.78, 5) is 22.0. The Bertz CT molecular complexity index is 2670. The van der Waals surface area contributed by atoms with Crippen molar-refractivity contribution < 1.29 is 105 Å². The number of nitrogens with zero attached hydrogens (tertiary/aromatic N) is 2. The van der Waals surface area contributed by atoms with Crippen LogP contribution >= 0.6 is 12.4 Å². The van der Waals surface area contributed by atoms with Gasteiger partial charge in [0.25, 0.3) is 0 Å². The zero-order valence-electron chi connectivity index (χ0n) is 41.6. The fraction of sp³-hybridized carbons (Fsp3) is 0.185. The summed E-state index contributed by atoms with van der Waals surface area (Å²) in [5.74, 6) is 5.56. The molecule has 0 aliphatic rings. The maximum Gasteiger partial charge on any atom is 1.00 e. The second kappa shape index (κ2) is 33.2. The minimum Gasteiger partial charge on any atom is -0.870 e. The Morgan fingerprint density at radius 3 is 1.31 bits per heavy atom. The summed E-state index contributed by atoms with van der Waals surface area (Å²) in [6.45, 7) is 1.93. The van der Waals surface area contributed by atoms with Crippen molar-refractivity contribution in [2.75, 3.05) is 63.5 Å². The van der Waals surface area contributed by atoms with Crippen molar-refractivity contribution in [1.82, 2.24) is 9.97 Å². The summed E-state index contributed by atoms with van der Waals surface area (Å²) in [6.07, 6.45) is 3.23. The smallest absolute Gasteiger partial charge is 0.870 e. The van der Waals surface area contributed by atoms with Gasteiger partial charge in [-0.3, -0.25) is 10.2 Å². The summed E-state index contributed by atoms with van der Waals surface area (Å²) in [7, 11) is 12.7. The molecule has 0 saturated heterocycles. The quantitative estimate of drug-likeness (QED) is 0.0301. The average molecular weight is 1020 g/mol. The van der Waals surface area contributed by atoms with E-state index in [-0.39, 0.29) is 87.5 Å².